The Hall–Kier alpha value is -1.61. The molecule has 6 nitrogen and oxygen atoms in total. The van der Waals surface area contributed by atoms with Crippen molar-refractivity contribution in [2.45, 2.75) is 39.0 Å². The number of hydrazine groups is 1. The fourth-order valence-electron chi connectivity index (χ4n) is 1.95. The average molecular weight is 307 g/mol. The van der Waals surface area contributed by atoms with E-state index in [0.717, 1.165) is 12.8 Å². The van der Waals surface area contributed by atoms with Crippen LogP contribution >= 0.6 is 0 Å². The number of hydrogen-bond donors (Lipinski definition) is 4. The zero-order chi connectivity index (χ0) is 16.0. The summed E-state index contributed by atoms with van der Waals surface area (Å²) in [7, 11) is 0. The molecule has 0 aliphatic rings. The highest BCUT2D eigenvalue weighted by Crippen LogP contribution is 2.28. The average Bonchev–Trinajstić information content (AvgIpc) is 2.45. The first-order valence-corrected chi connectivity index (χ1v) is 6.66. The van der Waals surface area contributed by atoms with Gasteiger partial charge < -0.3 is 15.8 Å². The third kappa shape index (κ3) is 5.01. The number of nitrogens with two attached hydrogens (primary N) is 1. The van der Waals surface area contributed by atoms with Crippen LogP contribution in [0.3, 0.4) is 0 Å². The standard InChI is InChI=1S/C12H20F3N5O/c1-3-7(4-2)8(21)6-17-9-5-10(20-16)19-11(18-9)12(13,14)15/h5,7-8,21H,3-4,6,16H2,1-2H3,(H2,17,18,19,20). The van der Waals surface area contributed by atoms with Gasteiger partial charge in [0.25, 0.3) is 0 Å². The second kappa shape index (κ2) is 7.41. The molecule has 0 aliphatic heterocycles. The Kier molecular flexibility index (Phi) is 6.16. The number of anilines is 2. The molecule has 0 saturated carbocycles. The lowest BCUT2D eigenvalue weighted by Gasteiger charge is -2.21. The van der Waals surface area contributed by atoms with Gasteiger partial charge in [-0.3, -0.25) is 0 Å². The third-order valence-electron chi connectivity index (χ3n) is 3.21. The lowest BCUT2D eigenvalue weighted by Crippen LogP contribution is -2.28. The molecule has 120 valence electrons. The Morgan fingerprint density at radius 2 is 1.81 bits per heavy atom. The van der Waals surface area contributed by atoms with Crippen LogP contribution in [0.15, 0.2) is 6.07 Å². The SMILES string of the molecule is CCC(CC)C(O)CNc1cc(NN)nc(C(F)(F)F)n1. The summed E-state index contributed by atoms with van der Waals surface area (Å²) in [5.41, 5.74) is 2.06. The predicted octanol–water partition coefficient (Wildman–Crippen LogP) is 1.99. The van der Waals surface area contributed by atoms with Crippen LogP contribution in [0.5, 0.6) is 0 Å². The van der Waals surface area contributed by atoms with E-state index in [1.54, 1.807) is 0 Å². The highest BCUT2D eigenvalue weighted by Gasteiger charge is 2.35. The van der Waals surface area contributed by atoms with Crippen molar-refractivity contribution in [1.82, 2.24) is 9.97 Å². The van der Waals surface area contributed by atoms with Gasteiger partial charge in [-0.15, -0.1) is 0 Å². The normalized spacial score (nSPS) is 13.3. The first-order valence-electron chi connectivity index (χ1n) is 6.66. The minimum atomic E-state index is -4.67. The zero-order valence-corrected chi connectivity index (χ0v) is 11.9. The summed E-state index contributed by atoms with van der Waals surface area (Å²) in [5.74, 6) is 3.67. The lowest BCUT2D eigenvalue weighted by molar-refractivity contribution is -0.144. The fourth-order valence-corrected chi connectivity index (χ4v) is 1.95. The van der Waals surface area contributed by atoms with Crippen LogP contribution in [-0.2, 0) is 6.18 Å². The van der Waals surface area contributed by atoms with E-state index in [2.05, 4.69) is 20.7 Å². The molecule has 0 fully saturated rings. The molecule has 1 atom stereocenters. The minimum absolute atomic E-state index is 0.0460. The Bertz CT molecular complexity index is 451. The molecule has 1 aromatic rings. The largest absolute Gasteiger partial charge is 0.451 e. The van der Waals surface area contributed by atoms with Crippen molar-refractivity contribution in [3.05, 3.63) is 11.9 Å². The third-order valence-corrected chi connectivity index (χ3v) is 3.21. The summed E-state index contributed by atoms with van der Waals surface area (Å²) in [4.78, 5) is 6.62. The van der Waals surface area contributed by atoms with Crippen molar-refractivity contribution >= 4 is 11.6 Å². The highest BCUT2D eigenvalue weighted by atomic mass is 19.4. The van der Waals surface area contributed by atoms with E-state index < -0.39 is 18.1 Å². The van der Waals surface area contributed by atoms with Crippen molar-refractivity contribution in [3.63, 3.8) is 0 Å². The lowest BCUT2D eigenvalue weighted by atomic mass is 9.97. The van der Waals surface area contributed by atoms with E-state index in [9.17, 15) is 18.3 Å². The molecule has 21 heavy (non-hydrogen) atoms. The van der Waals surface area contributed by atoms with E-state index in [1.165, 1.54) is 6.07 Å². The number of aliphatic hydroxyl groups excluding tert-OH is 1. The Morgan fingerprint density at radius 1 is 1.24 bits per heavy atom. The molecule has 1 unspecified atom stereocenters. The summed E-state index contributed by atoms with van der Waals surface area (Å²) < 4.78 is 37.9. The van der Waals surface area contributed by atoms with E-state index in [1.807, 2.05) is 13.8 Å². The van der Waals surface area contributed by atoms with Gasteiger partial charge in [-0.2, -0.15) is 13.2 Å². The number of halogens is 3. The van der Waals surface area contributed by atoms with Crippen molar-refractivity contribution in [1.29, 1.82) is 0 Å². The van der Waals surface area contributed by atoms with Gasteiger partial charge in [-0.05, 0) is 5.92 Å². The number of aromatic nitrogens is 2. The minimum Gasteiger partial charge on any atom is -0.391 e. The summed E-state index contributed by atoms with van der Waals surface area (Å²) in [5, 5.41) is 12.6. The van der Waals surface area contributed by atoms with Crippen LogP contribution < -0.4 is 16.6 Å². The molecule has 0 radical (unpaired) electrons. The maximum Gasteiger partial charge on any atom is 0.451 e. The number of aliphatic hydroxyl groups is 1. The van der Waals surface area contributed by atoms with Crippen LogP contribution in [0.25, 0.3) is 0 Å². The maximum absolute atomic E-state index is 12.6. The predicted molar refractivity (Wildman–Crippen MR) is 73.4 cm³/mol. The molecular formula is C12H20F3N5O. The Morgan fingerprint density at radius 3 is 2.29 bits per heavy atom. The second-order valence-electron chi connectivity index (χ2n) is 4.63. The van der Waals surface area contributed by atoms with Gasteiger partial charge in [-0.1, -0.05) is 26.7 Å². The van der Waals surface area contributed by atoms with Crippen LogP contribution in [0.4, 0.5) is 24.8 Å². The van der Waals surface area contributed by atoms with Crippen molar-refractivity contribution in [3.8, 4) is 0 Å². The molecule has 1 rings (SSSR count). The van der Waals surface area contributed by atoms with Crippen LogP contribution in [-0.4, -0.2) is 27.7 Å². The summed E-state index contributed by atoms with van der Waals surface area (Å²) in [6, 6.07) is 1.24. The first-order chi connectivity index (χ1) is 9.81. The van der Waals surface area contributed by atoms with Gasteiger partial charge in [0.15, 0.2) is 0 Å². The molecule has 0 saturated heterocycles. The maximum atomic E-state index is 12.6. The van der Waals surface area contributed by atoms with Crippen molar-refractivity contribution in [2.24, 2.45) is 11.8 Å². The van der Waals surface area contributed by atoms with Gasteiger partial charge in [0, 0.05) is 12.6 Å². The number of rotatable bonds is 7. The topological polar surface area (TPSA) is 96.1 Å². The summed E-state index contributed by atoms with van der Waals surface area (Å²) in [6.07, 6.45) is -3.77. The van der Waals surface area contributed by atoms with Gasteiger partial charge in [-0.25, -0.2) is 15.8 Å². The molecule has 0 spiro atoms. The van der Waals surface area contributed by atoms with Crippen molar-refractivity contribution < 1.29 is 18.3 Å². The van der Waals surface area contributed by atoms with Crippen molar-refractivity contribution in [2.75, 3.05) is 17.3 Å². The highest BCUT2D eigenvalue weighted by molar-refractivity contribution is 5.47. The summed E-state index contributed by atoms with van der Waals surface area (Å²) in [6.45, 7) is 3.99. The molecule has 0 aliphatic carbocycles. The first kappa shape index (κ1) is 17.4. The number of alkyl halides is 3. The van der Waals surface area contributed by atoms with E-state index in [4.69, 9.17) is 5.84 Å². The molecule has 5 N–H and O–H groups in total. The van der Waals surface area contributed by atoms with Crippen LogP contribution in [0.1, 0.15) is 32.5 Å². The number of nitrogens with one attached hydrogen (secondary N) is 2. The van der Waals surface area contributed by atoms with Crippen LogP contribution in [0, 0.1) is 5.92 Å². The van der Waals surface area contributed by atoms with Gasteiger partial charge in [0.2, 0.25) is 5.82 Å². The molecule has 0 aromatic carbocycles. The Labute approximate surface area is 120 Å². The van der Waals surface area contributed by atoms with Gasteiger partial charge in [0.05, 0.1) is 6.10 Å². The number of nitrogen functional groups attached to an aromatic ring is 1. The molecular weight excluding hydrogens is 287 g/mol. The van der Waals surface area contributed by atoms with E-state index in [0.29, 0.717) is 0 Å². The van der Waals surface area contributed by atoms with Gasteiger partial charge in [0.1, 0.15) is 11.6 Å². The quantitative estimate of drug-likeness (QED) is 0.454. The van der Waals surface area contributed by atoms with Crippen LogP contribution in [0.2, 0.25) is 0 Å². The van der Waals surface area contributed by atoms with Gasteiger partial charge >= 0.3 is 6.18 Å². The van der Waals surface area contributed by atoms with E-state index >= 15 is 0 Å². The smallest absolute Gasteiger partial charge is 0.391 e. The molecule has 0 amide bonds. The monoisotopic (exact) mass is 307 g/mol. The number of nitrogens with zero attached hydrogens (tertiary/aromatic N) is 2. The molecule has 1 heterocycles. The fraction of sp³-hybridized carbons (Fsp3) is 0.667. The van der Waals surface area contributed by atoms with E-state index in [-0.39, 0.29) is 24.1 Å². The summed E-state index contributed by atoms with van der Waals surface area (Å²) >= 11 is 0. The molecule has 1 aromatic heterocycles. The second-order valence-corrected chi connectivity index (χ2v) is 4.63. The molecule has 0 bridgehead atoms. The number of hydrogen-bond acceptors (Lipinski definition) is 6. The Balaban J connectivity index is 2.83. The zero-order valence-electron chi connectivity index (χ0n) is 11.9. The molecule has 9 heteroatoms.